The number of hydrogen-bond donors (Lipinski definition) is 2. The van der Waals surface area contributed by atoms with Gasteiger partial charge in [0.25, 0.3) is 0 Å². The van der Waals surface area contributed by atoms with Crippen molar-refractivity contribution >= 4 is 29.5 Å². The van der Waals surface area contributed by atoms with Crippen LogP contribution in [0.2, 0.25) is 18.1 Å². The van der Waals surface area contributed by atoms with Gasteiger partial charge < -0.3 is 0 Å². The lowest BCUT2D eigenvalue weighted by molar-refractivity contribution is 0.603. The third-order valence-electron chi connectivity index (χ3n) is 3.12. The Labute approximate surface area is 108 Å². The highest BCUT2D eigenvalue weighted by molar-refractivity contribution is 7.94. The largest absolute Gasteiger partial charge is 0.248 e. The van der Waals surface area contributed by atoms with Gasteiger partial charge in [-0.1, -0.05) is 33.9 Å². The van der Waals surface area contributed by atoms with E-state index in [-0.39, 0.29) is 9.25 Å². The Balaban J connectivity index is 3.08. The molecule has 0 amide bonds. The van der Waals surface area contributed by atoms with Crippen LogP contribution in [-0.2, 0) is 9.92 Å². The predicted octanol–water partition coefficient (Wildman–Crippen LogP) is 3.80. The minimum atomic E-state index is -3.23. The first-order chi connectivity index (χ1) is 7.47. The molecule has 0 aliphatic rings. The normalized spacial score (nSPS) is 16.8. The molecule has 0 spiro atoms. The van der Waals surface area contributed by atoms with E-state index >= 15 is 0 Å². The molecule has 1 rings (SSSR count). The Kier molecular flexibility index (Phi) is 3.88. The summed E-state index contributed by atoms with van der Waals surface area (Å²) in [6, 6.07) is 1.25. The third kappa shape index (κ3) is 3.15. The summed E-state index contributed by atoms with van der Waals surface area (Å²) >= 11 is 1.03. The Morgan fingerprint density at radius 1 is 1.47 bits per heavy atom. The first-order valence-corrected chi connectivity index (χ1v) is 10.7. The van der Waals surface area contributed by atoms with Crippen molar-refractivity contribution < 1.29 is 8.60 Å². The van der Waals surface area contributed by atoms with Gasteiger partial charge in [0.15, 0.2) is 5.82 Å². The van der Waals surface area contributed by atoms with Crippen LogP contribution in [0.25, 0.3) is 0 Å². The van der Waals surface area contributed by atoms with Crippen LogP contribution >= 0.6 is 11.3 Å². The molecular weight excluding hydrogens is 275 g/mol. The summed E-state index contributed by atoms with van der Waals surface area (Å²) in [7, 11) is -5.33. The SMILES string of the molecule is CC(C)(C)[Si](C)(C)NS(=N)(=O)c1sccc1F. The van der Waals surface area contributed by atoms with E-state index in [1.54, 1.807) is 0 Å². The highest BCUT2D eigenvalue weighted by Crippen LogP contribution is 2.35. The summed E-state index contributed by atoms with van der Waals surface area (Å²) in [6.07, 6.45) is 0. The van der Waals surface area contributed by atoms with E-state index in [0.717, 1.165) is 11.3 Å². The first-order valence-electron chi connectivity index (χ1n) is 5.28. The molecule has 0 aromatic carbocycles. The van der Waals surface area contributed by atoms with Crippen LogP contribution < -0.4 is 4.39 Å². The Morgan fingerprint density at radius 2 is 2.00 bits per heavy atom. The van der Waals surface area contributed by atoms with Gasteiger partial charge in [-0.15, -0.1) is 11.3 Å². The zero-order valence-electron chi connectivity index (χ0n) is 10.8. The fraction of sp³-hybridized carbons (Fsp3) is 0.600. The van der Waals surface area contributed by atoms with E-state index in [0.29, 0.717) is 0 Å². The second-order valence-corrected chi connectivity index (χ2v) is 13.9. The van der Waals surface area contributed by atoms with Crippen molar-refractivity contribution in [2.24, 2.45) is 0 Å². The van der Waals surface area contributed by atoms with Crippen LogP contribution in [-0.4, -0.2) is 12.4 Å². The molecule has 7 heteroatoms. The van der Waals surface area contributed by atoms with Crippen molar-refractivity contribution in [2.45, 2.75) is 43.1 Å². The van der Waals surface area contributed by atoms with E-state index in [1.807, 2.05) is 33.9 Å². The lowest BCUT2D eigenvalue weighted by Gasteiger charge is -2.37. The number of thiophene rings is 1. The number of rotatable bonds is 3. The quantitative estimate of drug-likeness (QED) is 0.818. The van der Waals surface area contributed by atoms with E-state index in [2.05, 4.69) is 4.39 Å². The average molecular weight is 294 g/mol. The van der Waals surface area contributed by atoms with E-state index in [1.165, 1.54) is 11.4 Å². The smallest absolute Gasteiger partial charge is 0.152 e. The average Bonchev–Trinajstić information content (AvgIpc) is 2.47. The van der Waals surface area contributed by atoms with Crippen molar-refractivity contribution in [1.82, 2.24) is 4.39 Å². The second-order valence-electron chi connectivity index (χ2n) is 5.59. The molecule has 0 aliphatic carbocycles. The number of hydrogen-bond acceptors (Lipinski definition) is 3. The van der Waals surface area contributed by atoms with E-state index < -0.39 is 24.0 Å². The molecule has 2 N–H and O–H groups in total. The van der Waals surface area contributed by atoms with Crippen LogP contribution in [0.1, 0.15) is 20.8 Å². The summed E-state index contributed by atoms with van der Waals surface area (Å²) in [4.78, 5) is 0. The maximum atomic E-state index is 13.4. The van der Waals surface area contributed by atoms with Crippen molar-refractivity contribution in [3.63, 3.8) is 0 Å². The van der Waals surface area contributed by atoms with Gasteiger partial charge in [0, 0.05) is 0 Å². The summed E-state index contributed by atoms with van der Waals surface area (Å²) in [5, 5.41) is 1.47. The van der Waals surface area contributed by atoms with Crippen molar-refractivity contribution in [2.75, 3.05) is 0 Å². The molecule has 3 nitrogen and oxygen atoms in total. The minimum absolute atomic E-state index is 0.00215. The molecule has 0 aliphatic heterocycles. The lowest BCUT2D eigenvalue weighted by atomic mass is 10.2. The van der Waals surface area contributed by atoms with Gasteiger partial charge >= 0.3 is 0 Å². The summed E-state index contributed by atoms with van der Waals surface area (Å²) in [5.41, 5.74) is 0. The number of nitrogens with one attached hydrogen (secondary N) is 2. The maximum absolute atomic E-state index is 13.4. The van der Waals surface area contributed by atoms with Crippen LogP contribution in [0, 0.1) is 10.6 Å². The Hall–Kier alpha value is -0.243. The van der Waals surface area contributed by atoms with E-state index in [9.17, 15) is 8.60 Å². The monoisotopic (exact) mass is 294 g/mol. The standard InChI is InChI=1S/C10H19FN2OS2Si/c1-10(2,3)17(4,5)13-16(12,14)9-8(11)6-7-15-9/h6-7H,1-5H3,(H2,12,13,14). The lowest BCUT2D eigenvalue weighted by Crippen LogP contribution is -2.54. The highest BCUT2D eigenvalue weighted by Gasteiger charge is 2.39. The molecule has 98 valence electrons. The topological polar surface area (TPSA) is 53.0 Å². The summed E-state index contributed by atoms with van der Waals surface area (Å²) in [5.74, 6) is -0.554. The van der Waals surface area contributed by atoms with Crippen LogP contribution in [0.5, 0.6) is 0 Å². The first kappa shape index (κ1) is 14.8. The van der Waals surface area contributed by atoms with Crippen LogP contribution in [0.15, 0.2) is 15.7 Å². The van der Waals surface area contributed by atoms with E-state index in [4.69, 9.17) is 4.78 Å². The highest BCUT2D eigenvalue weighted by atomic mass is 32.2. The molecular formula is C10H19FN2OS2Si. The fourth-order valence-electron chi connectivity index (χ4n) is 1.04. The summed E-state index contributed by atoms with van der Waals surface area (Å²) in [6.45, 7) is 10.2. The van der Waals surface area contributed by atoms with Crippen molar-refractivity contribution in [1.29, 1.82) is 4.78 Å². The van der Waals surface area contributed by atoms with Crippen LogP contribution in [0.4, 0.5) is 4.39 Å². The molecule has 17 heavy (non-hydrogen) atoms. The van der Waals surface area contributed by atoms with Crippen LogP contribution in [0.3, 0.4) is 0 Å². The zero-order valence-corrected chi connectivity index (χ0v) is 13.4. The van der Waals surface area contributed by atoms with Gasteiger partial charge in [-0.2, -0.15) is 0 Å². The molecule has 1 aromatic rings. The van der Waals surface area contributed by atoms with Crippen molar-refractivity contribution in [3.8, 4) is 0 Å². The Morgan fingerprint density at radius 3 is 2.35 bits per heavy atom. The van der Waals surface area contributed by atoms with Gasteiger partial charge in [0.2, 0.25) is 0 Å². The summed E-state index contributed by atoms with van der Waals surface area (Å²) < 4.78 is 36.5. The maximum Gasteiger partial charge on any atom is 0.152 e. The minimum Gasteiger partial charge on any atom is -0.248 e. The predicted molar refractivity (Wildman–Crippen MR) is 73.7 cm³/mol. The van der Waals surface area contributed by atoms with Gasteiger partial charge in [-0.05, 0) is 16.5 Å². The molecule has 1 unspecified atom stereocenters. The van der Waals surface area contributed by atoms with Gasteiger partial charge in [0.1, 0.15) is 22.4 Å². The molecule has 0 radical (unpaired) electrons. The molecule has 0 saturated heterocycles. The molecule has 0 saturated carbocycles. The molecule has 0 bridgehead atoms. The second kappa shape index (κ2) is 4.45. The number of halogens is 1. The molecule has 1 heterocycles. The molecule has 1 aromatic heterocycles. The van der Waals surface area contributed by atoms with Gasteiger partial charge in [-0.3, -0.25) is 0 Å². The van der Waals surface area contributed by atoms with Gasteiger partial charge in [0.05, 0.1) is 0 Å². The zero-order chi connectivity index (χ0) is 13.5. The Bertz CT molecular complexity index is 503. The molecule has 0 fully saturated rings. The third-order valence-corrected chi connectivity index (χ3v) is 12.5. The molecule has 1 atom stereocenters. The van der Waals surface area contributed by atoms with Gasteiger partial charge in [-0.25, -0.2) is 17.8 Å². The fourth-order valence-corrected chi connectivity index (χ4v) is 7.43. The van der Waals surface area contributed by atoms with Crippen molar-refractivity contribution in [3.05, 3.63) is 17.3 Å².